The lowest BCUT2D eigenvalue weighted by Crippen LogP contribution is -2.12. The second kappa shape index (κ2) is 3.24. The minimum absolute atomic E-state index is 0.161. The quantitative estimate of drug-likeness (QED) is 0.653. The van der Waals surface area contributed by atoms with Crippen LogP contribution in [0.3, 0.4) is 0 Å². The number of ether oxygens (including phenoxy) is 1. The van der Waals surface area contributed by atoms with E-state index in [1.54, 1.807) is 0 Å². The maximum absolute atomic E-state index is 6.09. The van der Waals surface area contributed by atoms with Crippen LogP contribution in [0.25, 0.3) is 6.08 Å². The zero-order valence-electron chi connectivity index (χ0n) is 9.34. The molecule has 0 aromatic heterocycles. The summed E-state index contributed by atoms with van der Waals surface area (Å²) in [5, 5.41) is 0. The van der Waals surface area contributed by atoms with Crippen molar-refractivity contribution in [2.24, 2.45) is 0 Å². The molecule has 2 aromatic carbocycles. The maximum atomic E-state index is 6.09. The predicted molar refractivity (Wildman–Crippen MR) is 68.0 cm³/mol. The van der Waals surface area contributed by atoms with Gasteiger partial charge in [-0.25, -0.2) is 0 Å². The highest BCUT2D eigenvalue weighted by molar-refractivity contribution is 5.62. The van der Waals surface area contributed by atoms with E-state index in [1.165, 1.54) is 16.7 Å². The van der Waals surface area contributed by atoms with E-state index < -0.39 is 0 Å². The number of hydrogen-bond acceptors (Lipinski definition) is 1. The van der Waals surface area contributed by atoms with Crippen LogP contribution >= 0.6 is 0 Å². The van der Waals surface area contributed by atoms with Crippen molar-refractivity contribution < 1.29 is 4.74 Å². The fourth-order valence-electron chi connectivity index (χ4n) is 2.83. The Hall–Kier alpha value is -2.02. The molecule has 0 radical (unpaired) electrons. The number of para-hydroxylation sites is 1. The Morgan fingerprint density at radius 1 is 0.824 bits per heavy atom. The van der Waals surface area contributed by atoms with Gasteiger partial charge in [0.25, 0.3) is 0 Å². The lowest BCUT2D eigenvalue weighted by atomic mass is 9.84. The third kappa shape index (κ3) is 1.19. The van der Waals surface area contributed by atoms with Crippen molar-refractivity contribution in [3.63, 3.8) is 0 Å². The predicted octanol–water partition coefficient (Wildman–Crippen LogP) is 3.93. The molecule has 2 aliphatic rings. The average molecular weight is 220 g/mol. The summed E-state index contributed by atoms with van der Waals surface area (Å²) in [6.45, 7) is 0. The van der Waals surface area contributed by atoms with Gasteiger partial charge in [0.2, 0.25) is 0 Å². The van der Waals surface area contributed by atoms with Gasteiger partial charge in [0.05, 0.1) is 0 Å². The summed E-state index contributed by atoms with van der Waals surface area (Å²) in [6, 6.07) is 16.8. The second-order valence-electron chi connectivity index (χ2n) is 4.59. The van der Waals surface area contributed by atoms with Gasteiger partial charge in [0.15, 0.2) is 0 Å². The highest BCUT2D eigenvalue weighted by atomic mass is 16.5. The zero-order chi connectivity index (χ0) is 11.2. The monoisotopic (exact) mass is 220 g/mol. The van der Waals surface area contributed by atoms with Gasteiger partial charge in [-0.1, -0.05) is 54.6 Å². The summed E-state index contributed by atoms with van der Waals surface area (Å²) >= 11 is 0. The van der Waals surface area contributed by atoms with Crippen molar-refractivity contribution in [1.82, 2.24) is 0 Å². The first-order valence-electron chi connectivity index (χ1n) is 5.96. The lowest BCUT2D eigenvalue weighted by molar-refractivity contribution is 0.223. The highest BCUT2D eigenvalue weighted by Gasteiger charge is 2.36. The molecule has 0 unspecified atom stereocenters. The van der Waals surface area contributed by atoms with E-state index in [4.69, 9.17) is 4.74 Å². The molecule has 0 fully saturated rings. The summed E-state index contributed by atoms with van der Waals surface area (Å²) < 4.78 is 6.09. The fraction of sp³-hybridized carbons (Fsp3) is 0.125. The van der Waals surface area contributed by atoms with Crippen LogP contribution in [0.15, 0.2) is 54.6 Å². The normalized spacial score (nSPS) is 23.5. The molecule has 1 nitrogen and oxygen atoms in total. The molecule has 0 bridgehead atoms. The first-order valence-corrected chi connectivity index (χ1v) is 5.96. The maximum Gasteiger partial charge on any atom is 0.135 e. The minimum atomic E-state index is 0.161. The van der Waals surface area contributed by atoms with Crippen molar-refractivity contribution in [1.29, 1.82) is 0 Å². The van der Waals surface area contributed by atoms with Gasteiger partial charge in [0.1, 0.15) is 11.9 Å². The van der Waals surface area contributed by atoms with Crippen LogP contribution in [0, 0.1) is 0 Å². The summed E-state index contributed by atoms with van der Waals surface area (Å²) in [6.07, 6.45) is 4.63. The molecule has 2 aromatic rings. The van der Waals surface area contributed by atoms with Gasteiger partial charge in [-0.2, -0.15) is 0 Å². The van der Waals surface area contributed by atoms with Crippen molar-refractivity contribution in [3.8, 4) is 5.75 Å². The topological polar surface area (TPSA) is 9.23 Å². The molecule has 0 amide bonds. The zero-order valence-corrected chi connectivity index (χ0v) is 9.34. The van der Waals surface area contributed by atoms with Crippen molar-refractivity contribution in [2.45, 2.75) is 12.0 Å². The second-order valence-corrected chi connectivity index (χ2v) is 4.59. The molecule has 4 rings (SSSR count). The van der Waals surface area contributed by atoms with Crippen molar-refractivity contribution >= 4 is 6.08 Å². The van der Waals surface area contributed by atoms with Crippen LogP contribution in [0.4, 0.5) is 0 Å². The SMILES string of the molecule is C1=C[C@H]2c3ccccc3O[C@H]2c2ccccc21. The third-order valence-corrected chi connectivity index (χ3v) is 3.64. The first kappa shape index (κ1) is 9.06. The minimum Gasteiger partial charge on any atom is -0.484 e. The summed E-state index contributed by atoms with van der Waals surface area (Å²) in [7, 11) is 0. The molecule has 0 saturated carbocycles. The molecular weight excluding hydrogens is 208 g/mol. The molecule has 1 aliphatic heterocycles. The van der Waals surface area contributed by atoms with E-state index in [-0.39, 0.29) is 6.10 Å². The van der Waals surface area contributed by atoms with Crippen molar-refractivity contribution in [2.75, 3.05) is 0 Å². The standard InChI is InChI=1S/C16H12O/c1-2-6-12-11(5-1)9-10-14-13-7-3-4-8-15(13)17-16(12)14/h1-10,14,16H/t14-,16-/m0/s1. The summed E-state index contributed by atoms with van der Waals surface area (Å²) in [5.41, 5.74) is 3.89. The smallest absolute Gasteiger partial charge is 0.135 e. The molecule has 0 saturated heterocycles. The highest BCUT2D eigenvalue weighted by Crippen LogP contribution is 2.49. The Morgan fingerprint density at radius 3 is 2.53 bits per heavy atom. The van der Waals surface area contributed by atoms with Gasteiger partial charge < -0.3 is 4.74 Å². The molecule has 0 N–H and O–H groups in total. The van der Waals surface area contributed by atoms with E-state index in [2.05, 4.69) is 54.6 Å². The van der Waals surface area contributed by atoms with Crippen LogP contribution in [0.1, 0.15) is 28.7 Å². The number of rotatable bonds is 0. The number of hydrogen-bond donors (Lipinski definition) is 0. The molecule has 1 aliphatic carbocycles. The molecule has 2 atom stereocenters. The van der Waals surface area contributed by atoms with Crippen molar-refractivity contribution in [3.05, 3.63) is 71.3 Å². The molecule has 1 heteroatoms. The van der Waals surface area contributed by atoms with Crippen LogP contribution < -0.4 is 4.74 Å². The van der Waals surface area contributed by atoms with Gasteiger partial charge in [0, 0.05) is 17.0 Å². The number of fused-ring (bicyclic) bond motifs is 5. The Balaban J connectivity index is 1.90. The van der Waals surface area contributed by atoms with Crippen LogP contribution in [0.2, 0.25) is 0 Å². The fourth-order valence-corrected chi connectivity index (χ4v) is 2.83. The average Bonchev–Trinajstić information content (AvgIpc) is 2.78. The Morgan fingerprint density at radius 2 is 1.59 bits per heavy atom. The third-order valence-electron chi connectivity index (χ3n) is 3.64. The molecule has 82 valence electrons. The number of benzene rings is 2. The Kier molecular flexibility index (Phi) is 1.72. The Bertz CT molecular complexity index is 612. The lowest BCUT2D eigenvalue weighted by Gasteiger charge is -2.22. The van der Waals surface area contributed by atoms with Gasteiger partial charge >= 0.3 is 0 Å². The van der Waals surface area contributed by atoms with Gasteiger partial charge in [-0.05, 0) is 11.6 Å². The molecule has 17 heavy (non-hydrogen) atoms. The van der Waals surface area contributed by atoms with E-state index in [0.717, 1.165) is 5.75 Å². The molecular formula is C16H12O. The molecule has 1 heterocycles. The molecule has 0 spiro atoms. The summed E-state index contributed by atoms with van der Waals surface area (Å²) in [4.78, 5) is 0. The van der Waals surface area contributed by atoms with E-state index >= 15 is 0 Å². The van der Waals surface area contributed by atoms with E-state index in [9.17, 15) is 0 Å². The van der Waals surface area contributed by atoms with E-state index in [1.807, 2.05) is 6.07 Å². The first-order chi connectivity index (χ1) is 8.43. The Labute approximate surface area is 100 Å². The summed E-state index contributed by atoms with van der Waals surface area (Å²) in [5.74, 6) is 1.41. The van der Waals surface area contributed by atoms with Crippen LogP contribution in [0.5, 0.6) is 5.75 Å². The van der Waals surface area contributed by atoms with E-state index in [0.29, 0.717) is 5.92 Å². The van der Waals surface area contributed by atoms with Gasteiger partial charge in [-0.3, -0.25) is 0 Å². The van der Waals surface area contributed by atoms with Crippen LogP contribution in [-0.2, 0) is 0 Å². The van der Waals surface area contributed by atoms with Gasteiger partial charge in [-0.15, -0.1) is 0 Å². The largest absolute Gasteiger partial charge is 0.484 e. The van der Waals surface area contributed by atoms with Crippen LogP contribution in [-0.4, -0.2) is 0 Å².